The predicted octanol–water partition coefficient (Wildman–Crippen LogP) is 7.55. The zero-order valence-corrected chi connectivity index (χ0v) is 36.0. The molecule has 0 bridgehead atoms. The lowest BCUT2D eigenvalue weighted by atomic mass is 9.72. The molecule has 2 heterocycles. The number of unbranched alkanes of at least 4 members (excludes halogenated alkanes) is 1. The number of sulfonamides is 1. The van der Waals surface area contributed by atoms with Crippen molar-refractivity contribution in [3.63, 3.8) is 0 Å². The SMILES string of the molecule is CN(CCCCNS(C)(=O)=O)C(=O)CO[C@H]1Cc2ccccc2C12CCN(CC[C@]1(c3ccc(Cl)c(Cl)c3)CN(C(=O)c3cc(C(F)(F)F)cc(C(F)(F)F)c3)CCO1)CC2. The standard InChI is InChI=1S/C42H48Cl2F6N4O6S/c1-52(15-6-5-14-51-61(2,57)58)37(55)26-59-36-23-28-7-3-4-8-33(28)39(36)11-16-53(17-12-39)18-13-40(30-9-10-34(43)35(44)25-30)27-54(19-20-60-40)38(56)29-21-31(41(45,46)47)24-32(22-29)42(48,49)50/h3-4,7-10,21-22,24-25,36,51H,5-6,11-20,23,26-27H2,1-2H3/t36-,40+/m0/s1. The maximum absolute atomic E-state index is 13.8. The molecule has 3 aliphatic rings. The van der Waals surface area contributed by atoms with Crippen LogP contribution in [0, 0.1) is 0 Å². The minimum atomic E-state index is -5.12. The Kier molecular flexibility index (Phi) is 14.4. The lowest BCUT2D eigenvalue weighted by Gasteiger charge is -2.46. The Morgan fingerprint density at radius 3 is 2.25 bits per heavy atom. The number of likely N-dealkylation sites (N-methyl/N-ethyl adjacent to an activating group) is 1. The van der Waals surface area contributed by atoms with E-state index >= 15 is 0 Å². The van der Waals surface area contributed by atoms with Crippen molar-refractivity contribution in [3.8, 4) is 0 Å². The van der Waals surface area contributed by atoms with Crippen molar-refractivity contribution in [2.75, 3.05) is 72.3 Å². The first-order chi connectivity index (χ1) is 28.6. The third-order valence-corrected chi connectivity index (χ3v) is 13.5. The first-order valence-corrected chi connectivity index (χ1v) is 22.5. The molecule has 0 aromatic heterocycles. The van der Waals surface area contributed by atoms with Crippen LogP contribution in [0.1, 0.15) is 70.3 Å². The van der Waals surface area contributed by atoms with Gasteiger partial charge in [0.2, 0.25) is 15.9 Å². The molecule has 1 spiro atoms. The lowest BCUT2D eigenvalue weighted by molar-refractivity contribution is -0.143. The van der Waals surface area contributed by atoms with Gasteiger partial charge in [-0.1, -0.05) is 53.5 Å². The molecule has 61 heavy (non-hydrogen) atoms. The topological polar surface area (TPSA) is 108 Å². The molecule has 19 heteroatoms. The number of carbonyl (C=O) groups excluding carboxylic acids is 2. The summed E-state index contributed by atoms with van der Waals surface area (Å²) in [6.07, 6.45) is -5.89. The van der Waals surface area contributed by atoms with E-state index < -0.39 is 50.6 Å². The quantitative estimate of drug-likeness (QED) is 0.132. The van der Waals surface area contributed by atoms with Crippen molar-refractivity contribution in [2.24, 2.45) is 0 Å². The van der Waals surface area contributed by atoms with Crippen LogP contribution in [0.25, 0.3) is 0 Å². The molecule has 0 unspecified atom stereocenters. The number of hydrogen-bond acceptors (Lipinski definition) is 7. The second-order valence-corrected chi connectivity index (χ2v) is 18.7. The van der Waals surface area contributed by atoms with E-state index in [0.29, 0.717) is 82.4 Å². The van der Waals surface area contributed by atoms with Crippen molar-refractivity contribution in [2.45, 2.75) is 68.0 Å². The first kappa shape index (κ1) is 47.0. The second kappa shape index (κ2) is 18.7. The lowest BCUT2D eigenvalue weighted by Crippen LogP contribution is -2.54. The summed E-state index contributed by atoms with van der Waals surface area (Å²) in [5.74, 6) is -1.18. The van der Waals surface area contributed by atoms with E-state index in [4.69, 9.17) is 32.7 Å². The number of ether oxygens (including phenoxy) is 2. The number of halogens is 8. The molecule has 334 valence electrons. The van der Waals surface area contributed by atoms with Crippen molar-refractivity contribution < 1.29 is 53.8 Å². The molecule has 1 N–H and O–H groups in total. The number of carbonyl (C=O) groups is 2. The van der Waals surface area contributed by atoms with E-state index in [2.05, 4.69) is 21.8 Å². The monoisotopic (exact) mass is 920 g/mol. The third kappa shape index (κ3) is 11.2. The Morgan fingerprint density at radius 2 is 1.61 bits per heavy atom. The highest BCUT2D eigenvalue weighted by Gasteiger charge is 2.50. The van der Waals surface area contributed by atoms with Crippen LogP contribution in [0.2, 0.25) is 10.0 Å². The van der Waals surface area contributed by atoms with Gasteiger partial charge in [-0.15, -0.1) is 0 Å². The second-order valence-electron chi connectivity index (χ2n) is 16.1. The fourth-order valence-electron chi connectivity index (χ4n) is 8.68. The number of rotatable bonds is 14. The summed E-state index contributed by atoms with van der Waals surface area (Å²) in [5, 5.41) is 0.464. The molecule has 3 aromatic rings. The molecule has 3 aromatic carbocycles. The number of nitrogens with zero attached hydrogens (tertiary/aromatic N) is 3. The third-order valence-electron chi connectivity index (χ3n) is 12.0. The number of piperidine rings is 1. The highest BCUT2D eigenvalue weighted by Crippen LogP contribution is 2.48. The summed E-state index contributed by atoms with van der Waals surface area (Å²) in [6, 6.07) is 13.9. The number of alkyl halides is 6. The van der Waals surface area contributed by atoms with Gasteiger partial charge in [-0.25, -0.2) is 13.1 Å². The van der Waals surface area contributed by atoms with Crippen molar-refractivity contribution in [1.82, 2.24) is 19.4 Å². The summed E-state index contributed by atoms with van der Waals surface area (Å²) in [4.78, 5) is 32.0. The summed E-state index contributed by atoms with van der Waals surface area (Å²) in [6.45, 7) is 2.04. The fraction of sp³-hybridized carbons (Fsp3) is 0.524. The Bertz CT molecular complexity index is 2150. The minimum absolute atomic E-state index is 0.00889. The zero-order valence-electron chi connectivity index (χ0n) is 33.7. The van der Waals surface area contributed by atoms with Gasteiger partial charge in [0.15, 0.2) is 0 Å². The number of nitrogens with one attached hydrogen (secondary N) is 1. The smallest absolute Gasteiger partial charge is 0.367 e. The average molecular weight is 922 g/mol. The first-order valence-electron chi connectivity index (χ1n) is 19.9. The van der Waals surface area contributed by atoms with Gasteiger partial charge in [0.25, 0.3) is 5.91 Å². The van der Waals surface area contributed by atoms with Gasteiger partial charge in [0.1, 0.15) is 12.2 Å². The highest BCUT2D eigenvalue weighted by atomic mass is 35.5. The summed E-state index contributed by atoms with van der Waals surface area (Å²) < 4.78 is 120. The summed E-state index contributed by atoms with van der Waals surface area (Å²) in [7, 11) is -1.59. The van der Waals surface area contributed by atoms with Crippen LogP contribution in [0.3, 0.4) is 0 Å². The highest BCUT2D eigenvalue weighted by molar-refractivity contribution is 7.88. The average Bonchev–Trinajstić information content (AvgIpc) is 3.51. The van der Waals surface area contributed by atoms with E-state index in [-0.39, 0.29) is 66.4 Å². The van der Waals surface area contributed by atoms with Gasteiger partial charge >= 0.3 is 12.4 Å². The van der Waals surface area contributed by atoms with E-state index in [1.807, 2.05) is 12.1 Å². The predicted molar refractivity (Wildman–Crippen MR) is 218 cm³/mol. The van der Waals surface area contributed by atoms with Crippen LogP contribution in [0.5, 0.6) is 0 Å². The van der Waals surface area contributed by atoms with Crippen LogP contribution in [0.4, 0.5) is 26.3 Å². The van der Waals surface area contributed by atoms with Crippen molar-refractivity contribution in [1.29, 1.82) is 0 Å². The minimum Gasteiger partial charge on any atom is -0.367 e. The molecular weight excluding hydrogens is 873 g/mol. The maximum Gasteiger partial charge on any atom is 0.416 e. The molecule has 10 nitrogen and oxygen atoms in total. The van der Waals surface area contributed by atoms with Gasteiger partial charge in [0.05, 0.1) is 46.7 Å². The van der Waals surface area contributed by atoms with E-state index in [9.17, 15) is 44.3 Å². The van der Waals surface area contributed by atoms with Gasteiger partial charge < -0.3 is 24.2 Å². The van der Waals surface area contributed by atoms with E-state index in [1.54, 1.807) is 30.1 Å². The number of morpholine rings is 1. The van der Waals surface area contributed by atoms with Crippen LogP contribution < -0.4 is 4.72 Å². The molecule has 1 aliphatic carbocycles. The number of hydrogen-bond donors (Lipinski definition) is 1. The van der Waals surface area contributed by atoms with Crippen molar-refractivity contribution in [3.05, 3.63) is 104 Å². The Morgan fingerprint density at radius 1 is 0.934 bits per heavy atom. The van der Waals surface area contributed by atoms with Gasteiger partial charge in [-0.2, -0.15) is 26.3 Å². The molecule has 6 rings (SSSR count). The largest absolute Gasteiger partial charge is 0.416 e. The van der Waals surface area contributed by atoms with Gasteiger partial charge in [-0.05, 0) is 98.6 Å². The van der Waals surface area contributed by atoms with Gasteiger partial charge in [-0.3, -0.25) is 9.59 Å². The zero-order chi connectivity index (χ0) is 44.4. The summed E-state index contributed by atoms with van der Waals surface area (Å²) >= 11 is 12.7. The molecule has 0 saturated carbocycles. The normalized spacial score (nSPS) is 20.8. The summed E-state index contributed by atoms with van der Waals surface area (Å²) in [5.41, 5.74) is -2.63. The number of fused-ring (bicyclic) bond motifs is 2. The molecular formula is C42H48Cl2F6N4O6S. The van der Waals surface area contributed by atoms with Crippen LogP contribution in [-0.4, -0.2) is 113 Å². The van der Waals surface area contributed by atoms with E-state index in [1.165, 1.54) is 10.5 Å². The Hall–Kier alpha value is -3.45. The molecule has 0 radical (unpaired) electrons. The van der Waals surface area contributed by atoms with E-state index in [0.717, 1.165) is 11.8 Å². The van der Waals surface area contributed by atoms with Gasteiger partial charge in [0, 0.05) is 44.2 Å². The molecule has 2 amide bonds. The molecule has 2 fully saturated rings. The maximum atomic E-state index is 13.8. The van der Waals surface area contributed by atoms with Crippen LogP contribution in [-0.2, 0) is 54.1 Å². The molecule has 2 aliphatic heterocycles. The van der Waals surface area contributed by atoms with Crippen LogP contribution in [0.15, 0.2) is 60.7 Å². The molecule has 2 atom stereocenters. The number of likely N-dealkylation sites (tertiary alicyclic amines) is 1. The van der Waals surface area contributed by atoms with Crippen LogP contribution >= 0.6 is 23.2 Å². The number of amides is 2. The Balaban J connectivity index is 1.15. The van der Waals surface area contributed by atoms with Crippen molar-refractivity contribution >= 4 is 45.0 Å². The molecule has 2 saturated heterocycles. The number of benzene rings is 3. The Labute approximate surface area is 361 Å². The fourth-order valence-corrected chi connectivity index (χ4v) is 9.50.